The smallest absolute Gasteiger partial charge is 0.329 e. The van der Waals surface area contributed by atoms with E-state index in [1.165, 1.54) is 20.9 Å². The third-order valence-corrected chi connectivity index (χ3v) is 3.00. The van der Waals surface area contributed by atoms with Crippen molar-refractivity contribution in [2.75, 3.05) is 7.05 Å². The molecular weight excluding hydrogens is 270 g/mol. The predicted molar refractivity (Wildman–Crippen MR) is 67.5 cm³/mol. The van der Waals surface area contributed by atoms with Gasteiger partial charge in [0.25, 0.3) is 17.2 Å². The summed E-state index contributed by atoms with van der Waals surface area (Å²) in [6.45, 7) is 2.55. The lowest BCUT2D eigenvalue weighted by Crippen LogP contribution is -2.51. The Bertz CT molecular complexity index is 633. The summed E-state index contributed by atoms with van der Waals surface area (Å²) in [4.78, 5) is 47.5. The van der Waals surface area contributed by atoms with Gasteiger partial charge in [0, 0.05) is 13.1 Å². The van der Waals surface area contributed by atoms with Crippen LogP contribution < -0.4 is 5.56 Å². The van der Waals surface area contributed by atoms with E-state index in [4.69, 9.17) is 5.11 Å². The molecule has 1 rings (SSSR count). The van der Waals surface area contributed by atoms with E-state index in [2.05, 4.69) is 4.98 Å². The van der Waals surface area contributed by atoms with E-state index in [1.807, 2.05) is 0 Å². The Morgan fingerprint density at radius 2 is 2.00 bits per heavy atom. The highest BCUT2D eigenvalue weighted by atomic mass is 16.6. The van der Waals surface area contributed by atoms with Gasteiger partial charge >= 0.3 is 5.97 Å². The first-order valence-electron chi connectivity index (χ1n) is 5.47. The predicted octanol–water partition coefficient (Wildman–Crippen LogP) is 0.218. The van der Waals surface area contributed by atoms with E-state index in [1.54, 1.807) is 0 Å². The zero-order valence-electron chi connectivity index (χ0n) is 11.0. The number of hydrogen-bond acceptors (Lipinski definition) is 5. The van der Waals surface area contributed by atoms with Crippen molar-refractivity contribution < 1.29 is 19.6 Å². The van der Waals surface area contributed by atoms with Crippen LogP contribution in [-0.4, -0.2) is 44.4 Å². The van der Waals surface area contributed by atoms with Crippen molar-refractivity contribution in [2.45, 2.75) is 19.4 Å². The fourth-order valence-electron chi connectivity index (χ4n) is 1.31. The van der Waals surface area contributed by atoms with Crippen LogP contribution in [0.25, 0.3) is 0 Å². The number of carboxylic acid groups (broad SMARTS) is 1. The van der Waals surface area contributed by atoms with Gasteiger partial charge in [0.15, 0.2) is 0 Å². The number of nitrogens with one attached hydrogen (secondary N) is 1. The SMILES string of the molecule is CN(C(=O)c1cc([N+](=O)[O-])c[nH]c1=O)C(C)(C)C(=O)O. The van der Waals surface area contributed by atoms with Crippen molar-refractivity contribution in [3.8, 4) is 0 Å². The fraction of sp³-hybridized carbons (Fsp3) is 0.364. The summed E-state index contributed by atoms with van der Waals surface area (Å²) in [5.74, 6) is -2.18. The van der Waals surface area contributed by atoms with E-state index in [9.17, 15) is 24.5 Å². The number of amides is 1. The number of carbonyl (C=O) groups excluding carboxylic acids is 1. The van der Waals surface area contributed by atoms with Gasteiger partial charge in [0.2, 0.25) is 0 Å². The summed E-state index contributed by atoms with van der Waals surface area (Å²) in [6.07, 6.45) is 0.863. The van der Waals surface area contributed by atoms with Crippen molar-refractivity contribution in [3.05, 3.63) is 38.3 Å². The Balaban J connectivity index is 3.28. The number of aliphatic carboxylic acids is 1. The minimum Gasteiger partial charge on any atom is -0.480 e. The third kappa shape index (κ3) is 2.66. The average Bonchev–Trinajstić information content (AvgIpc) is 2.36. The molecule has 0 aromatic carbocycles. The quantitative estimate of drug-likeness (QED) is 0.599. The number of aromatic amines is 1. The molecule has 0 atom stereocenters. The number of nitro groups is 1. The summed E-state index contributed by atoms with van der Waals surface area (Å²) < 4.78 is 0. The zero-order valence-corrected chi connectivity index (χ0v) is 11.0. The highest BCUT2D eigenvalue weighted by molar-refractivity contribution is 5.97. The monoisotopic (exact) mass is 283 g/mol. The van der Waals surface area contributed by atoms with Crippen LogP contribution in [0.3, 0.4) is 0 Å². The minimum atomic E-state index is -1.56. The highest BCUT2D eigenvalue weighted by Gasteiger charge is 2.36. The van der Waals surface area contributed by atoms with Crippen molar-refractivity contribution >= 4 is 17.6 Å². The van der Waals surface area contributed by atoms with Crippen LogP contribution in [0.1, 0.15) is 24.2 Å². The first-order chi connectivity index (χ1) is 9.09. The van der Waals surface area contributed by atoms with E-state index in [0.29, 0.717) is 0 Å². The molecule has 0 aliphatic carbocycles. The van der Waals surface area contributed by atoms with Crippen molar-refractivity contribution in [1.82, 2.24) is 9.88 Å². The van der Waals surface area contributed by atoms with E-state index in [0.717, 1.165) is 17.2 Å². The summed E-state index contributed by atoms with van der Waals surface area (Å²) >= 11 is 0. The lowest BCUT2D eigenvalue weighted by atomic mass is 10.0. The molecule has 0 spiro atoms. The maximum atomic E-state index is 12.1. The molecule has 0 radical (unpaired) electrons. The van der Waals surface area contributed by atoms with Gasteiger partial charge in [-0.15, -0.1) is 0 Å². The van der Waals surface area contributed by atoms with Crippen LogP contribution in [0.4, 0.5) is 5.69 Å². The molecule has 1 aromatic rings. The second kappa shape index (κ2) is 5.11. The Hall–Kier alpha value is -2.71. The molecule has 0 bridgehead atoms. The van der Waals surface area contributed by atoms with Gasteiger partial charge in [0.1, 0.15) is 11.1 Å². The van der Waals surface area contributed by atoms with Gasteiger partial charge in [-0.25, -0.2) is 4.79 Å². The fourth-order valence-corrected chi connectivity index (χ4v) is 1.31. The Morgan fingerprint density at radius 3 is 2.45 bits per heavy atom. The molecule has 1 amide bonds. The Kier molecular flexibility index (Phi) is 3.92. The van der Waals surface area contributed by atoms with E-state index < -0.39 is 39.1 Å². The third-order valence-electron chi connectivity index (χ3n) is 3.00. The van der Waals surface area contributed by atoms with Crippen LogP contribution in [0.2, 0.25) is 0 Å². The summed E-state index contributed by atoms with van der Waals surface area (Å²) in [7, 11) is 1.20. The van der Waals surface area contributed by atoms with Crippen LogP contribution in [-0.2, 0) is 4.79 Å². The van der Waals surface area contributed by atoms with E-state index in [-0.39, 0.29) is 0 Å². The topological polar surface area (TPSA) is 134 Å². The molecule has 0 unspecified atom stereocenters. The number of hydrogen-bond donors (Lipinski definition) is 2. The number of likely N-dealkylation sites (N-methyl/N-ethyl adjacent to an activating group) is 1. The first-order valence-corrected chi connectivity index (χ1v) is 5.47. The molecule has 0 fully saturated rings. The average molecular weight is 283 g/mol. The number of aromatic nitrogens is 1. The first kappa shape index (κ1) is 15.3. The van der Waals surface area contributed by atoms with Crippen molar-refractivity contribution in [3.63, 3.8) is 0 Å². The van der Waals surface area contributed by atoms with Crippen LogP contribution in [0.5, 0.6) is 0 Å². The van der Waals surface area contributed by atoms with Crippen molar-refractivity contribution in [1.29, 1.82) is 0 Å². The number of H-pyrrole nitrogens is 1. The van der Waals surface area contributed by atoms with Crippen LogP contribution >= 0.6 is 0 Å². The molecule has 20 heavy (non-hydrogen) atoms. The highest BCUT2D eigenvalue weighted by Crippen LogP contribution is 2.16. The lowest BCUT2D eigenvalue weighted by Gasteiger charge is -2.31. The maximum Gasteiger partial charge on any atom is 0.329 e. The molecule has 0 saturated heterocycles. The Labute approximate surface area is 113 Å². The minimum absolute atomic E-state index is 0.463. The normalized spacial score (nSPS) is 10.9. The number of carboxylic acids is 1. The largest absolute Gasteiger partial charge is 0.480 e. The number of rotatable bonds is 4. The zero-order chi connectivity index (χ0) is 15.7. The van der Waals surface area contributed by atoms with Crippen molar-refractivity contribution in [2.24, 2.45) is 0 Å². The second-order valence-electron chi connectivity index (χ2n) is 4.59. The molecule has 1 aromatic heterocycles. The van der Waals surface area contributed by atoms with Gasteiger partial charge in [-0.05, 0) is 13.8 Å². The molecular formula is C11H13N3O6. The van der Waals surface area contributed by atoms with Gasteiger partial charge in [-0.2, -0.15) is 0 Å². The molecule has 0 saturated carbocycles. The summed E-state index contributed by atoms with van der Waals surface area (Å²) in [5.41, 5.74) is -3.34. The number of nitrogens with zero attached hydrogens (tertiary/aromatic N) is 2. The molecule has 9 nitrogen and oxygen atoms in total. The van der Waals surface area contributed by atoms with Crippen LogP contribution in [0, 0.1) is 10.1 Å². The number of pyridine rings is 1. The summed E-state index contributed by atoms with van der Waals surface area (Å²) in [5, 5.41) is 19.7. The van der Waals surface area contributed by atoms with E-state index >= 15 is 0 Å². The van der Waals surface area contributed by atoms with Gasteiger partial charge < -0.3 is 15.0 Å². The van der Waals surface area contributed by atoms with Gasteiger partial charge in [0.05, 0.1) is 11.1 Å². The molecule has 2 N–H and O–H groups in total. The van der Waals surface area contributed by atoms with Crippen LogP contribution in [0.15, 0.2) is 17.1 Å². The second-order valence-corrected chi connectivity index (χ2v) is 4.59. The molecule has 9 heteroatoms. The van der Waals surface area contributed by atoms with Gasteiger partial charge in [-0.1, -0.05) is 0 Å². The molecule has 1 heterocycles. The number of carbonyl (C=O) groups is 2. The Morgan fingerprint density at radius 1 is 1.45 bits per heavy atom. The summed E-state index contributed by atoms with van der Waals surface area (Å²) in [6, 6.07) is 0.815. The molecule has 0 aliphatic heterocycles. The maximum absolute atomic E-state index is 12.1. The molecule has 0 aliphatic rings. The molecule has 108 valence electrons. The standard InChI is InChI=1S/C11H13N3O6/c1-11(2,10(17)18)13(3)9(16)7-4-6(14(19)20)5-12-8(7)15/h4-5H,1-3H3,(H,12,15)(H,17,18). The lowest BCUT2D eigenvalue weighted by molar-refractivity contribution is -0.385. The van der Waals surface area contributed by atoms with Gasteiger partial charge in [-0.3, -0.25) is 19.7 Å².